The predicted octanol–water partition coefficient (Wildman–Crippen LogP) is 3.87. The Labute approximate surface area is 166 Å². The van der Waals surface area contributed by atoms with Crippen LogP contribution in [-0.2, 0) is 19.5 Å². The van der Waals surface area contributed by atoms with E-state index < -0.39 is 0 Å². The average Bonchev–Trinajstić information content (AvgIpc) is 3.23. The molecule has 0 fully saturated rings. The lowest BCUT2D eigenvalue weighted by Crippen LogP contribution is -2.40. The van der Waals surface area contributed by atoms with E-state index in [9.17, 15) is 4.79 Å². The molecule has 2 aromatic carbocycles. The van der Waals surface area contributed by atoms with Crippen LogP contribution in [0, 0.1) is 0 Å². The summed E-state index contributed by atoms with van der Waals surface area (Å²) >= 11 is 0. The van der Waals surface area contributed by atoms with Crippen LogP contribution in [0.1, 0.15) is 16.7 Å². The molecule has 0 aliphatic rings. The number of hydrogen-bond donors (Lipinski definition) is 1. The third kappa shape index (κ3) is 5.84. The lowest BCUT2D eigenvalue weighted by molar-refractivity contribution is 0.203. The van der Waals surface area contributed by atoms with E-state index >= 15 is 0 Å². The van der Waals surface area contributed by atoms with Crippen molar-refractivity contribution in [1.29, 1.82) is 0 Å². The first-order chi connectivity index (χ1) is 13.7. The number of carbonyl (C=O) groups excluding carboxylic acids is 1. The molecule has 3 rings (SSSR count). The largest absolute Gasteiger partial charge is 0.334 e. The first-order valence-electron chi connectivity index (χ1n) is 9.47. The van der Waals surface area contributed by atoms with Gasteiger partial charge in [0.25, 0.3) is 0 Å². The van der Waals surface area contributed by atoms with E-state index in [1.165, 1.54) is 5.56 Å². The van der Waals surface area contributed by atoms with Gasteiger partial charge >= 0.3 is 6.03 Å². The quantitative estimate of drug-likeness (QED) is 0.578. The molecule has 1 heterocycles. The highest BCUT2D eigenvalue weighted by atomic mass is 16.2. The SMILES string of the molecule is C=CCN(CCc1ccccc1)C(=O)NCc1cccc(Cn2cccn2)c1. The fraction of sp³-hybridized carbons (Fsp3) is 0.217. The van der Waals surface area contributed by atoms with Crippen LogP contribution in [0.2, 0.25) is 0 Å². The monoisotopic (exact) mass is 374 g/mol. The van der Waals surface area contributed by atoms with Crippen molar-refractivity contribution in [3.05, 3.63) is 102 Å². The fourth-order valence-electron chi connectivity index (χ4n) is 3.05. The first kappa shape index (κ1) is 19.4. The third-order valence-corrected chi connectivity index (χ3v) is 4.49. The van der Waals surface area contributed by atoms with Gasteiger partial charge in [0.05, 0.1) is 6.54 Å². The molecule has 0 aliphatic carbocycles. The van der Waals surface area contributed by atoms with Gasteiger partial charge in [0.2, 0.25) is 0 Å². The molecule has 0 saturated carbocycles. The van der Waals surface area contributed by atoms with Gasteiger partial charge in [0.1, 0.15) is 0 Å². The molecule has 0 spiro atoms. The Morgan fingerprint density at radius 3 is 2.61 bits per heavy atom. The molecule has 0 atom stereocenters. The molecule has 3 aromatic rings. The van der Waals surface area contributed by atoms with E-state index in [0.29, 0.717) is 26.2 Å². The second kappa shape index (κ2) is 10.1. The maximum Gasteiger partial charge on any atom is 0.317 e. The number of hydrogen-bond acceptors (Lipinski definition) is 2. The molecule has 5 nitrogen and oxygen atoms in total. The maximum absolute atomic E-state index is 12.6. The normalized spacial score (nSPS) is 10.4. The van der Waals surface area contributed by atoms with E-state index in [4.69, 9.17) is 0 Å². The summed E-state index contributed by atoms with van der Waals surface area (Å²) in [6.45, 7) is 6.16. The van der Waals surface area contributed by atoms with Gasteiger partial charge in [-0.05, 0) is 29.2 Å². The van der Waals surface area contributed by atoms with Gasteiger partial charge in [-0.15, -0.1) is 6.58 Å². The molecule has 2 amide bonds. The van der Waals surface area contributed by atoms with E-state index in [1.807, 2.05) is 47.3 Å². The van der Waals surface area contributed by atoms with Crippen LogP contribution in [-0.4, -0.2) is 33.8 Å². The molecule has 0 saturated heterocycles. The molecule has 0 aliphatic heterocycles. The van der Waals surface area contributed by atoms with E-state index in [-0.39, 0.29) is 6.03 Å². The van der Waals surface area contributed by atoms with Crippen LogP contribution in [0.5, 0.6) is 0 Å². The zero-order valence-corrected chi connectivity index (χ0v) is 16.0. The fourth-order valence-corrected chi connectivity index (χ4v) is 3.05. The Kier molecular flexibility index (Phi) is 7.01. The summed E-state index contributed by atoms with van der Waals surface area (Å²) in [5, 5.41) is 7.26. The van der Waals surface area contributed by atoms with Crippen LogP contribution in [0.25, 0.3) is 0 Å². The lowest BCUT2D eigenvalue weighted by atomic mass is 10.1. The van der Waals surface area contributed by atoms with Gasteiger partial charge in [-0.3, -0.25) is 4.68 Å². The zero-order valence-electron chi connectivity index (χ0n) is 16.0. The van der Waals surface area contributed by atoms with Crippen LogP contribution in [0.3, 0.4) is 0 Å². The summed E-state index contributed by atoms with van der Waals surface area (Å²) in [4.78, 5) is 14.4. The van der Waals surface area contributed by atoms with Crippen molar-refractivity contribution < 1.29 is 4.79 Å². The van der Waals surface area contributed by atoms with Gasteiger partial charge in [0.15, 0.2) is 0 Å². The smallest absolute Gasteiger partial charge is 0.317 e. The van der Waals surface area contributed by atoms with E-state index in [1.54, 1.807) is 17.2 Å². The van der Waals surface area contributed by atoms with Crippen molar-refractivity contribution in [3.63, 3.8) is 0 Å². The minimum Gasteiger partial charge on any atom is -0.334 e. The zero-order chi connectivity index (χ0) is 19.6. The van der Waals surface area contributed by atoms with Crippen molar-refractivity contribution in [2.75, 3.05) is 13.1 Å². The summed E-state index contributed by atoms with van der Waals surface area (Å²) in [6.07, 6.45) is 6.29. The Morgan fingerprint density at radius 1 is 1.07 bits per heavy atom. The molecule has 144 valence electrons. The summed E-state index contributed by atoms with van der Waals surface area (Å²) in [5.41, 5.74) is 3.44. The Bertz CT molecular complexity index is 875. The van der Waals surface area contributed by atoms with Crippen LogP contribution in [0.4, 0.5) is 4.79 Å². The molecule has 1 N–H and O–H groups in total. The van der Waals surface area contributed by atoms with Gasteiger partial charge < -0.3 is 10.2 Å². The molecule has 0 radical (unpaired) electrons. The third-order valence-electron chi connectivity index (χ3n) is 4.49. The number of nitrogens with zero attached hydrogens (tertiary/aromatic N) is 3. The van der Waals surface area contributed by atoms with E-state index in [2.05, 4.69) is 41.3 Å². The van der Waals surface area contributed by atoms with Crippen LogP contribution < -0.4 is 5.32 Å². The topological polar surface area (TPSA) is 50.2 Å². The van der Waals surface area contributed by atoms with Crippen molar-refractivity contribution in [3.8, 4) is 0 Å². The number of rotatable bonds is 9. The Hall–Kier alpha value is -3.34. The van der Waals surface area contributed by atoms with Gasteiger partial charge in [-0.25, -0.2) is 4.79 Å². The van der Waals surface area contributed by atoms with Crippen molar-refractivity contribution in [1.82, 2.24) is 20.0 Å². The number of urea groups is 1. The summed E-state index contributed by atoms with van der Waals surface area (Å²) in [5.74, 6) is 0. The van der Waals surface area contributed by atoms with Crippen molar-refractivity contribution in [2.24, 2.45) is 0 Å². The Morgan fingerprint density at radius 2 is 1.86 bits per heavy atom. The highest BCUT2D eigenvalue weighted by Gasteiger charge is 2.11. The first-order valence-corrected chi connectivity index (χ1v) is 9.47. The van der Waals surface area contributed by atoms with Crippen molar-refractivity contribution >= 4 is 6.03 Å². The lowest BCUT2D eigenvalue weighted by Gasteiger charge is -2.22. The molecule has 28 heavy (non-hydrogen) atoms. The predicted molar refractivity (Wildman–Crippen MR) is 112 cm³/mol. The van der Waals surface area contributed by atoms with Crippen molar-refractivity contribution in [2.45, 2.75) is 19.5 Å². The number of amides is 2. The minimum absolute atomic E-state index is 0.0756. The summed E-state index contributed by atoms with van der Waals surface area (Å²) in [7, 11) is 0. The summed E-state index contributed by atoms with van der Waals surface area (Å²) in [6, 6.07) is 20.2. The standard InChI is InChI=1S/C23H26N4O/c1-2-14-26(16-12-20-8-4-3-5-9-20)23(28)24-18-21-10-6-11-22(17-21)19-27-15-7-13-25-27/h2-11,13,15,17H,1,12,14,16,18-19H2,(H,24,28). The number of aromatic nitrogens is 2. The number of nitrogens with one attached hydrogen (secondary N) is 1. The highest BCUT2D eigenvalue weighted by molar-refractivity contribution is 5.74. The van der Waals surface area contributed by atoms with E-state index in [0.717, 1.165) is 17.5 Å². The molecular formula is C23H26N4O. The average molecular weight is 374 g/mol. The molecule has 0 bridgehead atoms. The number of benzene rings is 2. The Balaban J connectivity index is 1.54. The van der Waals surface area contributed by atoms with Gasteiger partial charge in [-0.1, -0.05) is 60.7 Å². The van der Waals surface area contributed by atoms with Crippen LogP contribution in [0.15, 0.2) is 85.7 Å². The van der Waals surface area contributed by atoms with Gasteiger partial charge in [-0.2, -0.15) is 5.10 Å². The minimum atomic E-state index is -0.0756. The molecule has 0 unspecified atom stereocenters. The second-order valence-electron chi connectivity index (χ2n) is 6.65. The molecular weight excluding hydrogens is 348 g/mol. The molecule has 5 heteroatoms. The summed E-state index contributed by atoms with van der Waals surface area (Å²) < 4.78 is 1.88. The second-order valence-corrected chi connectivity index (χ2v) is 6.65. The number of carbonyl (C=O) groups is 1. The maximum atomic E-state index is 12.6. The molecule has 1 aromatic heterocycles. The van der Waals surface area contributed by atoms with Crippen LogP contribution >= 0.6 is 0 Å². The highest BCUT2D eigenvalue weighted by Crippen LogP contribution is 2.08. The van der Waals surface area contributed by atoms with Gasteiger partial charge in [0, 0.05) is 32.0 Å².